The number of aromatic nitrogens is 2. The standard InChI is InChI=1S/C19H16N4O/c1-24-19(16-10-6-3-7-11-16)22-18-17(12-20)21-14-23(18)13-15-8-4-2-5-9-15/h2-11,14H,13H2,1H3. The van der Waals surface area contributed by atoms with Crippen molar-refractivity contribution in [3.05, 3.63) is 83.8 Å². The van der Waals surface area contributed by atoms with Gasteiger partial charge in [-0.15, -0.1) is 0 Å². The van der Waals surface area contributed by atoms with Crippen LogP contribution in [-0.2, 0) is 11.3 Å². The monoisotopic (exact) mass is 316 g/mol. The second-order valence-electron chi connectivity index (χ2n) is 5.13. The van der Waals surface area contributed by atoms with Crippen molar-refractivity contribution < 1.29 is 4.74 Å². The lowest BCUT2D eigenvalue weighted by Crippen LogP contribution is -2.05. The third kappa shape index (κ3) is 3.33. The van der Waals surface area contributed by atoms with Crippen molar-refractivity contribution >= 4 is 11.7 Å². The minimum absolute atomic E-state index is 0.274. The molecule has 0 spiro atoms. The largest absolute Gasteiger partial charge is 0.481 e. The lowest BCUT2D eigenvalue weighted by molar-refractivity contribution is 0.404. The maximum atomic E-state index is 9.32. The van der Waals surface area contributed by atoms with Crippen LogP contribution >= 0.6 is 0 Å². The first kappa shape index (κ1) is 15.5. The molecule has 0 N–H and O–H groups in total. The number of hydrogen-bond acceptors (Lipinski definition) is 4. The van der Waals surface area contributed by atoms with E-state index in [2.05, 4.69) is 16.0 Å². The Hall–Kier alpha value is -3.39. The van der Waals surface area contributed by atoms with Gasteiger partial charge in [0.15, 0.2) is 11.5 Å². The van der Waals surface area contributed by atoms with Crippen LogP contribution in [0.3, 0.4) is 0 Å². The normalized spacial score (nSPS) is 11.1. The van der Waals surface area contributed by atoms with Crippen molar-refractivity contribution in [3.8, 4) is 6.07 Å². The van der Waals surface area contributed by atoms with Gasteiger partial charge >= 0.3 is 0 Å². The van der Waals surface area contributed by atoms with Crippen LogP contribution in [0.25, 0.3) is 0 Å². The van der Waals surface area contributed by atoms with Gasteiger partial charge in [0.25, 0.3) is 0 Å². The molecule has 0 aliphatic rings. The first-order valence-corrected chi connectivity index (χ1v) is 7.49. The summed E-state index contributed by atoms with van der Waals surface area (Å²) >= 11 is 0. The summed E-state index contributed by atoms with van der Waals surface area (Å²) in [6.45, 7) is 0.583. The summed E-state index contributed by atoms with van der Waals surface area (Å²) in [6, 6.07) is 21.6. The van der Waals surface area contributed by atoms with E-state index in [1.54, 1.807) is 13.4 Å². The number of methoxy groups -OCH3 is 1. The number of rotatable bonds is 4. The van der Waals surface area contributed by atoms with E-state index in [1.165, 1.54) is 0 Å². The zero-order valence-corrected chi connectivity index (χ0v) is 13.3. The zero-order chi connectivity index (χ0) is 16.8. The van der Waals surface area contributed by atoms with Crippen molar-refractivity contribution in [2.24, 2.45) is 4.99 Å². The maximum absolute atomic E-state index is 9.32. The van der Waals surface area contributed by atoms with Gasteiger partial charge in [0.1, 0.15) is 6.07 Å². The molecule has 24 heavy (non-hydrogen) atoms. The Kier molecular flexibility index (Phi) is 4.68. The van der Waals surface area contributed by atoms with Crippen LogP contribution in [0.1, 0.15) is 16.8 Å². The summed E-state index contributed by atoms with van der Waals surface area (Å²) in [5.74, 6) is 0.934. The van der Waals surface area contributed by atoms with E-state index in [-0.39, 0.29) is 5.69 Å². The fourth-order valence-corrected chi connectivity index (χ4v) is 2.37. The molecule has 1 heterocycles. The summed E-state index contributed by atoms with van der Waals surface area (Å²) < 4.78 is 7.26. The number of nitrogens with zero attached hydrogens (tertiary/aromatic N) is 4. The van der Waals surface area contributed by atoms with Crippen molar-refractivity contribution in [1.82, 2.24) is 9.55 Å². The predicted molar refractivity (Wildman–Crippen MR) is 92.1 cm³/mol. The molecule has 0 fully saturated rings. The third-order valence-corrected chi connectivity index (χ3v) is 3.53. The van der Waals surface area contributed by atoms with Gasteiger partial charge < -0.3 is 9.30 Å². The molecule has 5 nitrogen and oxygen atoms in total. The summed E-state index contributed by atoms with van der Waals surface area (Å²) in [5.41, 5.74) is 2.22. The lowest BCUT2D eigenvalue weighted by atomic mass is 10.2. The van der Waals surface area contributed by atoms with Crippen LogP contribution in [0.15, 0.2) is 72.0 Å². The van der Waals surface area contributed by atoms with Crippen LogP contribution in [0.2, 0.25) is 0 Å². The Morgan fingerprint density at radius 3 is 2.42 bits per heavy atom. The number of nitriles is 1. The van der Waals surface area contributed by atoms with Gasteiger partial charge in [-0.25, -0.2) is 4.98 Å². The van der Waals surface area contributed by atoms with Crippen LogP contribution in [0.5, 0.6) is 0 Å². The van der Waals surface area contributed by atoms with Gasteiger partial charge in [0, 0.05) is 5.56 Å². The van der Waals surface area contributed by atoms with Crippen molar-refractivity contribution in [2.75, 3.05) is 7.11 Å². The number of aliphatic imine (C=N–C) groups is 1. The molecule has 1 aromatic heterocycles. The molecule has 0 saturated carbocycles. The molecule has 0 bridgehead atoms. The quantitative estimate of drug-likeness (QED) is 0.546. The highest BCUT2D eigenvalue weighted by Gasteiger charge is 2.13. The molecular formula is C19H16N4O. The first-order valence-electron chi connectivity index (χ1n) is 7.49. The van der Waals surface area contributed by atoms with E-state index in [1.807, 2.05) is 65.2 Å². The average Bonchev–Trinajstić information content (AvgIpc) is 3.02. The van der Waals surface area contributed by atoms with Crippen molar-refractivity contribution in [2.45, 2.75) is 6.54 Å². The van der Waals surface area contributed by atoms with Crippen molar-refractivity contribution in [3.63, 3.8) is 0 Å². The summed E-state index contributed by atoms with van der Waals surface area (Å²) in [4.78, 5) is 8.70. The average molecular weight is 316 g/mol. The molecule has 3 aromatic rings. The minimum Gasteiger partial charge on any atom is -0.481 e. The summed E-state index contributed by atoms with van der Waals surface area (Å²) in [6.07, 6.45) is 1.63. The number of benzene rings is 2. The van der Waals surface area contributed by atoms with Crippen LogP contribution in [0.4, 0.5) is 5.82 Å². The Bertz CT molecular complexity index is 877. The van der Waals surface area contributed by atoms with Gasteiger partial charge in [-0.1, -0.05) is 48.5 Å². The molecular weight excluding hydrogens is 300 g/mol. The molecule has 0 atom stereocenters. The summed E-state index contributed by atoms with van der Waals surface area (Å²) in [5, 5.41) is 9.32. The van der Waals surface area contributed by atoms with Crippen LogP contribution in [-0.4, -0.2) is 22.6 Å². The highest BCUT2D eigenvalue weighted by atomic mass is 16.5. The van der Waals surface area contributed by atoms with Gasteiger partial charge in [0.05, 0.1) is 20.0 Å². The number of imidazole rings is 1. The molecule has 0 unspecified atom stereocenters. The molecule has 0 saturated heterocycles. The van der Waals surface area contributed by atoms with Crippen molar-refractivity contribution in [1.29, 1.82) is 5.26 Å². The molecule has 0 amide bonds. The molecule has 3 rings (SSSR count). The maximum Gasteiger partial charge on any atom is 0.222 e. The number of ether oxygens (including phenoxy) is 1. The Balaban J connectivity index is 2.02. The lowest BCUT2D eigenvalue weighted by Gasteiger charge is -2.08. The van der Waals surface area contributed by atoms with Gasteiger partial charge in [-0.05, 0) is 17.7 Å². The second-order valence-corrected chi connectivity index (χ2v) is 5.13. The van der Waals surface area contributed by atoms with Gasteiger partial charge in [-0.3, -0.25) is 0 Å². The summed E-state index contributed by atoms with van der Waals surface area (Å²) in [7, 11) is 1.57. The SMILES string of the molecule is COC(=Nc1c(C#N)ncn1Cc1ccccc1)c1ccccc1. The highest BCUT2D eigenvalue weighted by Crippen LogP contribution is 2.21. The molecule has 0 aliphatic carbocycles. The Morgan fingerprint density at radius 1 is 1.12 bits per heavy atom. The Labute approximate surface area is 140 Å². The minimum atomic E-state index is 0.274. The van der Waals surface area contributed by atoms with E-state index in [0.29, 0.717) is 18.3 Å². The first-order chi connectivity index (χ1) is 11.8. The van der Waals surface area contributed by atoms with E-state index in [9.17, 15) is 5.26 Å². The second kappa shape index (κ2) is 7.25. The topological polar surface area (TPSA) is 63.2 Å². The zero-order valence-electron chi connectivity index (χ0n) is 13.3. The van der Waals surface area contributed by atoms with E-state index in [4.69, 9.17) is 4.74 Å². The van der Waals surface area contributed by atoms with Crippen LogP contribution in [0, 0.1) is 11.3 Å². The molecule has 0 radical (unpaired) electrons. The molecule has 2 aromatic carbocycles. The third-order valence-electron chi connectivity index (χ3n) is 3.53. The van der Waals surface area contributed by atoms with Gasteiger partial charge in [-0.2, -0.15) is 10.3 Å². The highest BCUT2D eigenvalue weighted by molar-refractivity contribution is 5.95. The van der Waals surface area contributed by atoms with Gasteiger partial charge in [0.2, 0.25) is 5.90 Å². The molecule has 5 heteroatoms. The Morgan fingerprint density at radius 2 is 1.79 bits per heavy atom. The van der Waals surface area contributed by atoms with Crippen LogP contribution < -0.4 is 0 Å². The fraction of sp³-hybridized carbons (Fsp3) is 0.105. The van der Waals surface area contributed by atoms with E-state index < -0.39 is 0 Å². The van der Waals surface area contributed by atoms with E-state index >= 15 is 0 Å². The molecule has 0 aliphatic heterocycles. The number of hydrogen-bond donors (Lipinski definition) is 0. The smallest absolute Gasteiger partial charge is 0.222 e. The molecule has 118 valence electrons. The predicted octanol–water partition coefficient (Wildman–Crippen LogP) is 3.53. The fourth-order valence-electron chi connectivity index (χ4n) is 2.37. The van der Waals surface area contributed by atoms with E-state index in [0.717, 1.165) is 11.1 Å².